The molecule has 1 heterocycles. The van der Waals surface area contributed by atoms with E-state index in [2.05, 4.69) is 5.32 Å². The fourth-order valence-corrected chi connectivity index (χ4v) is 5.68. The summed E-state index contributed by atoms with van der Waals surface area (Å²) < 4.78 is 31.9. The van der Waals surface area contributed by atoms with E-state index in [4.69, 9.17) is 16.3 Å². The summed E-state index contributed by atoms with van der Waals surface area (Å²) in [7, 11) is -2.38. The Balaban J connectivity index is 1.90. The maximum Gasteiger partial charge on any atom is 0.331 e. The van der Waals surface area contributed by atoms with Gasteiger partial charge in [0.1, 0.15) is 5.54 Å². The van der Waals surface area contributed by atoms with E-state index >= 15 is 0 Å². The topological polar surface area (TPSA) is 92.8 Å². The van der Waals surface area contributed by atoms with Crippen LogP contribution in [0.3, 0.4) is 0 Å². The van der Waals surface area contributed by atoms with Crippen LogP contribution in [0.1, 0.15) is 55.3 Å². The van der Waals surface area contributed by atoms with E-state index in [1.165, 1.54) is 29.6 Å². The van der Waals surface area contributed by atoms with Gasteiger partial charge >= 0.3 is 5.97 Å². The van der Waals surface area contributed by atoms with Crippen LogP contribution in [0.5, 0.6) is 0 Å². The fourth-order valence-electron chi connectivity index (χ4n) is 3.93. The minimum Gasteiger partial charge on any atom is -0.467 e. The van der Waals surface area contributed by atoms with Crippen molar-refractivity contribution in [2.24, 2.45) is 0 Å². The van der Waals surface area contributed by atoms with Gasteiger partial charge in [-0.3, -0.25) is 4.79 Å². The summed E-state index contributed by atoms with van der Waals surface area (Å²) in [6, 6.07) is 4.10. The summed E-state index contributed by atoms with van der Waals surface area (Å²) in [5.74, 6) is -1.06. The van der Waals surface area contributed by atoms with Crippen LogP contribution in [-0.4, -0.2) is 50.3 Å². The van der Waals surface area contributed by atoms with Crippen molar-refractivity contribution < 1.29 is 22.7 Å². The Kier molecular flexibility index (Phi) is 6.31. The lowest BCUT2D eigenvalue weighted by Crippen LogP contribution is -2.56. The lowest BCUT2D eigenvalue weighted by molar-refractivity contribution is -0.149. The molecule has 1 saturated carbocycles. The van der Waals surface area contributed by atoms with Crippen LogP contribution in [0.4, 0.5) is 0 Å². The molecule has 28 heavy (non-hydrogen) atoms. The normalized spacial score (nSPS) is 19.9. The van der Waals surface area contributed by atoms with Crippen LogP contribution in [-0.2, 0) is 19.6 Å². The molecule has 1 aromatic carbocycles. The zero-order valence-electron chi connectivity index (χ0n) is 15.9. The van der Waals surface area contributed by atoms with Gasteiger partial charge in [-0.05, 0) is 43.9 Å². The van der Waals surface area contributed by atoms with E-state index in [1.807, 2.05) is 0 Å². The van der Waals surface area contributed by atoms with Gasteiger partial charge in [-0.15, -0.1) is 0 Å². The molecular weight excluding hydrogens is 404 g/mol. The van der Waals surface area contributed by atoms with Gasteiger partial charge < -0.3 is 10.1 Å². The lowest BCUT2D eigenvalue weighted by Gasteiger charge is -2.35. The van der Waals surface area contributed by atoms with Crippen LogP contribution < -0.4 is 5.32 Å². The molecule has 3 rings (SSSR count). The molecule has 1 N–H and O–H groups in total. The zero-order valence-corrected chi connectivity index (χ0v) is 17.4. The summed E-state index contributed by atoms with van der Waals surface area (Å²) in [4.78, 5) is 25.3. The number of ether oxygens (including phenoxy) is 1. The smallest absolute Gasteiger partial charge is 0.331 e. The third-order valence-electron chi connectivity index (χ3n) is 5.52. The van der Waals surface area contributed by atoms with E-state index in [-0.39, 0.29) is 15.5 Å². The van der Waals surface area contributed by atoms with E-state index in [0.29, 0.717) is 25.9 Å². The number of rotatable bonds is 5. The summed E-state index contributed by atoms with van der Waals surface area (Å²) >= 11 is 6.19. The molecule has 154 valence electrons. The second-order valence-electron chi connectivity index (χ2n) is 7.34. The Morgan fingerprint density at radius 3 is 2.36 bits per heavy atom. The highest BCUT2D eigenvalue weighted by molar-refractivity contribution is 7.89. The minimum absolute atomic E-state index is 0.0275. The number of halogens is 1. The number of hydrogen-bond donors (Lipinski definition) is 1. The number of carbonyl (C=O) groups excluding carboxylic acids is 2. The van der Waals surface area contributed by atoms with Gasteiger partial charge in [0, 0.05) is 13.1 Å². The molecule has 0 atom stereocenters. The summed E-state index contributed by atoms with van der Waals surface area (Å²) in [6.45, 7) is 0.940. The highest BCUT2D eigenvalue weighted by Crippen LogP contribution is 2.31. The molecule has 1 aliphatic heterocycles. The Morgan fingerprint density at radius 2 is 1.75 bits per heavy atom. The number of esters is 1. The molecule has 1 aliphatic carbocycles. The van der Waals surface area contributed by atoms with Gasteiger partial charge in [-0.1, -0.05) is 30.9 Å². The van der Waals surface area contributed by atoms with Crippen LogP contribution in [0.2, 0.25) is 5.02 Å². The Morgan fingerprint density at radius 1 is 1.11 bits per heavy atom. The summed E-state index contributed by atoms with van der Waals surface area (Å²) in [5, 5.41) is 2.92. The first-order valence-electron chi connectivity index (χ1n) is 9.51. The maximum atomic E-state index is 12.9. The minimum atomic E-state index is -3.68. The molecule has 0 aromatic heterocycles. The molecule has 0 unspecified atom stereocenters. The van der Waals surface area contributed by atoms with Crippen molar-refractivity contribution in [2.45, 2.75) is 55.4 Å². The number of benzene rings is 1. The molecule has 0 bridgehead atoms. The van der Waals surface area contributed by atoms with E-state index in [1.54, 1.807) is 0 Å². The SMILES string of the molecule is COC(=O)C1(NC(=O)c2cc(S(=O)(=O)N3CCCC3)ccc2Cl)CCCCC1. The molecule has 0 radical (unpaired) electrons. The average Bonchev–Trinajstić information content (AvgIpc) is 3.24. The van der Waals surface area contributed by atoms with Crippen molar-refractivity contribution in [1.82, 2.24) is 9.62 Å². The first-order valence-corrected chi connectivity index (χ1v) is 11.3. The second-order valence-corrected chi connectivity index (χ2v) is 9.69. The van der Waals surface area contributed by atoms with Crippen molar-refractivity contribution in [3.8, 4) is 0 Å². The lowest BCUT2D eigenvalue weighted by atomic mass is 9.81. The Hall–Kier alpha value is -1.64. The average molecular weight is 429 g/mol. The fraction of sp³-hybridized carbons (Fsp3) is 0.579. The number of amides is 1. The molecule has 2 fully saturated rings. The number of hydrogen-bond acceptors (Lipinski definition) is 5. The zero-order chi connectivity index (χ0) is 20.4. The van der Waals surface area contributed by atoms with Crippen molar-refractivity contribution in [3.05, 3.63) is 28.8 Å². The predicted molar refractivity (Wildman–Crippen MR) is 105 cm³/mol. The van der Waals surface area contributed by atoms with Crippen LogP contribution in [0.15, 0.2) is 23.1 Å². The van der Waals surface area contributed by atoms with Crippen molar-refractivity contribution in [2.75, 3.05) is 20.2 Å². The molecule has 2 aliphatic rings. The van der Waals surface area contributed by atoms with Crippen LogP contribution in [0, 0.1) is 0 Å². The number of carbonyl (C=O) groups is 2. The van der Waals surface area contributed by atoms with Crippen LogP contribution >= 0.6 is 11.6 Å². The third-order valence-corrected chi connectivity index (χ3v) is 7.75. The van der Waals surface area contributed by atoms with Gasteiger partial charge in [-0.25, -0.2) is 13.2 Å². The summed E-state index contributed by atoms with van der Waals surface area (Å²) in [5.41, 5.74) is -1.06. The molecule has 7 nitrogen and oxygen atoms in total. The second kappa shape index (κ2) is 8.39. The van der Waals surface area contributed by atoms with Gasteiger partial charge in [0.15, 0.2) is 0 Å². The highest BCUT2D eigenvalue weighted by Gasteiger charge is 2.42. The molecule has 9 heteroatoms. The molecule has 1 amide bonds. The molecular formula is C19H25ClN2O5S. The maximum absolute atomic E-state index is 12.9. The van der Waals surface area contributed by atoms with E-state index < -0.39 is 27.4 Å². The Labute approximate surface area is 170 Å². The monoisotopic (exact) mass is 428 g/mol. The van der Waals surface area contributed by atoms with Gasteiger partial charge in [-0.2, -0.15) is 4.31 Å². The third kappa shape index (κ3) is 4.04. The predicted octanol–water partition coefficient (Wildman–Crippen LogP) is 2.73. The Bertz CT molecular complexity index is 859. The first-order chi connectivity index (χ1) is 13.3. The number of nitrogens with one attached hydrogen (secondary N) is 1. The largest absolute Gasteiger partial charge is 0.467 e. The standard InChI is InChI=1S/C19H25ClN2O5S/c1-27-18(24)19(9-3-2-4-10-19)21-17(23)15-13-14(7-8-16(15)20)28(25,26)22-11-5-6-12-22/h7-8,13H,2-6,9-12H2,1H3,(H,21,23). The number of methoxy groups -OCH3 is 1. The van der Waals surface area contributed by atoms with E-state index in [9.17, 15) is 18.0 Å². The van der Waals surface area contributed by atoms with Crippen molar-refractivity contribution in [3.63, 3.8) is 0 Å². The van der Waals surface area contributed by atoms with Gasteiger partial charge in [0.05, 0.1) is 22.6 Å². The first kappa shape index (κ1) is 21.1. The van der Waals surface area contributed by atoms with Gasteiger partial charge in [0.2, 0.25) is 10.0 Å². The molecule has 1 aromatic rings. The van der Waals surface area contributed by atoms with E-state index in [0.717, 1.165) is 32.1 Å². The van der Waals surface area contributed by atoms with Crippen LogP contribution in [0.25, 0.3) is 0 Å². The number of sulfonamides is 1. The summed E-state index contributed by atoms with van der Waals surface area (Å²) in [6.07, 6.45) is 5.19. The van der Waals surface area contributed by atoms with Crippen molar-refractivity contribution >= 4 is 33.5 Å². The number of nitrogens with zero attached hydrogens (tertiary/aromatic N) is 1. The molecule has 0 spiro atoms. The quantitative estimate of drug-likeness (QED) is 0.728. The van der Waals surface area contributed by atoms with Crippen molar-refractivity contribution in [1.29, 1.82) is 0 Å². The molecule has 1 saturated heterocycles. The highest BCUT2D eigenvalue weighted by atomic mass is 35.5. The van der Waals surface area contributed by atoms with Gasteiger partial charge in [0.25, 0.3) is 5.91 Å².